The molecule has 19 heavy (non-hydrogen) atoms. The number of amides is 1. The number of piperazine rings is 1. The van der Waals surface area contributed by atoms with Gasteiger partial charge in [-0.15, -0.1) is 0 Å². The van der Waals surface area contributed by atoms with Crippen LogP contribution in [0.1, 0.15) is 34.1 Å². The van der Waals surface area contributed by atoms with Gasteiger partial charge in [0.2, 0.25) is 5.91 Å². The van der Waals surface area contributed by atoms with E-state index in [2.05, 4.69) is 15.1 Å². The molecule has 0 radical (unpaired) electrons. The highest BCUT2D eigenvalue weighted by atomic mass is 16.3. The summed E-state index contributed by atoms with van der Waals surface area (Å²) < 4.78 is 0. The van der Waals surface area contributed by atoms with Crippen molar-refractivity contribution in [2.24, 2.45) is 0 Å². The molecule has 1 aliphatic heterocycles. The molecule has 0 aliphatic carbocycles. The van der Waals surface area contributed by atoms with E-state index in [1.54, 1.807) is 0 Å². The van der Waals surface area contributed by atoms with E-state index in [1.165, 1.54) is 0 Å². The highest BCUT2D eigenvalue weighted by molar-refractivity contribution is 5.76. The van der Waals surface area contributed by atoms with E-state index in [0.29, 0.717) is 6.42 Å². The Morgan fingerprint density at radius 3 is 2.21 bits per heavy atom. The molecular formula is C14H29N3O2. The van der Waals surface area contributed by atoms with Crippen LogP contribution in [0.25, 0.3) is 0 Å². The maximum absolute atomic E-state index is 11.7. The third-order valence-electron chi connectivity index (χ3n) is 3.16. The molecule has 1 rings (SSSR count). The van der Waals surface area contributed by atoms with Crippen molar-refractivity contribution < 1.29 is 9.90 Å². The third-order valence-corrected chi connectivity index (χ3v) is 3.16. The summed E-state index contributed by atoms with van der Waals surface area (Å²) in [7, 11) is 0. The van der Waals surface area contributed by atoms with Crippen molar-refractivity contribution in [2.75, 3.05) is 39.3 Å². The summed E-state index contributed by atoms with van der Waals surface area (Å²) >= 11 is 0. The minimum absolute atomic E-state index is 0.124. The van der Waals surface area contributed by atoms with Gasteiger partial charge in [-0.05, 0) is 27.7 Å². The maximum Gasteiger partial charge on any atom is 0.221 e. The molecule has 0 unspecified atom stereocenters. The van der Waals surface area contributed by atoms with Crippen molar-refractivity contribution in [1.82, 2.24) is 15.1 Å². The normalized spacial score (nSPS) is 20.3. The van der Waals surface area contributed by atoms with Crippen molar-refractivity contribution in [2.45, 2.75) is 45.8 Å². The fourth-order valence-corrected chi connectivity index (χ4v) is 2.31. The van der Waals surface area contributed by atoms with Crippen molar-refractivity contribution in [3.63, 3.8) is 0 Å². The lowest BCUT2D eigenvalue weighted by Crippen LogP contribution is -2.49. The number of aliphatic hydroxyl groups is 1. The molecule has 1 heterocycles. The zero-order valence-electron chi connectivity index (χ0n) is 12.8. The Hall–Kier alpha value is -0.650. The van der Waals surface area contributed by atoms with E-state index in [9.17, 15) is 9.90 Å². The number of hydrogen-bond acceptors (Lipinski definition) is 4. The Balaban J connectivity index is 2.17. The zero-order chi connectivity index (χ0) is 14.5. The highest BCUT2D eigenvalue weighted by Gasteiger charge is 2.19. The quantitative estimate of drug-likeness (QED) is 0.755. The second-order valence-corrected chi connectivity index (χ2v) is 6.54. The molecule has 1 amide bonds. The van der Waals surface area contributed by atoms with Crippen LogP contribution in [0, 0.1) is 0 Å². The Morgan fingerprint density at radius 1 is 1.21 bits per heavy atom. The van der Waals surface area contributed by atoms with Gasteiger partial charge in [0.05, 0.1) is 6.10 Å². The van der Waals surface area contributed by atoms with Crippen LogP contribution in [-0.2, 0) is 4.79 Å². The van der Waals surface area contributed by atoms with Crippen molar-refractivity contribution in [3.05, 3.63) is 0 Å². The Morgan fingerprint density at radius 2 is 1.74 bits per heavy atom. The fraction of sp³-hybridized carbons (Fsp3) is 0.929. The Labute approximate surface area is 117 Å². The van der Waals surface area contributed by atoms with E-state index in [1.807, 2.05) is 27.7 Å². The fourth-order valence-electron chi connectivity index (χ4n) is 2.31. The molecule has 0 spiro atoms. The lowest BCUT2D eigenvalue weighted by atomic mass is 10.1. The van der Waals surface area contributed by atoms with Crippen LogP contribution >= 0.6 is 0 Å². The van der Waals surface area contributed by atoms with E-state index in [4.69, 9.17) is 0 Å². The van der Waals surface area contributed by atoms with Crippen LogP contribution in [0.5, 0.6) is 0 Å². The molecule has 0 aromatic rings. The average molecular weight is 271 g/mol. The second-order valence-electron chi connectivity index (χ2n) is 6.54. The lowest BCUT2D eigenvalue weighted by Gasteiger charge is -2.35. The summed E-state index contributed by atoms with van der Waals surface area (Å²) in [6, 6.07) is 0. The number of hydrogen-bond donors (Lipinski definition) is 2. The van der Waals surface area contributed by atoms with Gasteiger partial charge in [-0.25, -0.2) is 0 Å². The predicted octanol–water partition coefficient (Wildman–Crippen LogP) is 0.290. The van der Waals surface area contributed by atoms with Gasteiger partial charge < -0.3 is 15.3 Å². The van der Waals surface area contributed by atoms with E-state index in [-0.39, 0.29) is 17.6 Å². The first-order chi connectivity index (χ1) is 8.76. The number of rotatable bonds is 5. The first-order valence-electron chi connectivity index (χ1n) is 7.20. The molecule has 5 nitrogen and oxygen atoms in total. The van der Waals surface area contributed by atoms with Gasteiger partial charge in [0.15, 0.2) is 0 Å². The summed E-state index contributed by atoms with van der Waals surface area (Å²) in [6.07, 6.45) is 0.303. The summed E-state index contributed by atoms with van der Waals surface area (Å²) in [5.41, 5.74) is -0.146. The standard InChI is InChI=1S/C14H29N3O2/c1-12(18)11-17-9-7-16(8-10-17)6-5-13(19)15-14(2,3)4/h12,18H,5-11H2,1-4H3,(H,15,19)/t12-/m1/s1. The number of nitrogens with zero attached hydrogens (tertiary/aromatic N) is 2. The molecule has 2 N–H and O–H groups in total. The molecule has 1 aliphatic rings. The minimum atomic E-state index is -0.260. The van der Waals surface area contributed by atoms with Gasteiger partial charge in [-0.1, -0.05) is 0 Å². The van der Waals surface area contributed by atoms with Crippen molar-refractivity contribution in [3.8, 4) is 0 Å². The highest BCUT2D eigenvalue weighted by Crippen LogP contribution is 2.04. The smallest absolute Gasteiger partial charge is 0.221 e. The zero-order valence-corrected chi connectivity index (χ0v) is 12.8. The first kappa shape index (κ1) is 16.4. The summed E-state index contributed by atoms with van der Waals surface area (Å²) in [6.45, 7) is 13.3. The monoisotopic (exact) mass is 271 g/mol. The first-order valence-corrected chi connectivity index (χ1v) is 7.20. The molecular weight excluding hydrogens is 242 g/mol. The topological polar surface area (TPSA) is 55.8 Å². The van der Waals surface area contributed by atoms with Crippen LogP contribution < -0.4 is 5.32 Å². The van der Waals surface area contributed by atoms with Gasteiger partial charge in [-0.3, -0.25) is 9.69 Å². The summed E-state index contributed by atoms with van der Waals surface area (Å²) in [4.78, 5) is 16.3. The molecule has 5 heteroatoms. The van der Waals surface area contributed by atoms with Crippen molar-refractivity contribution in [1.29, 1.82) is 0 Å². The number of carbonyl (C=O) groups excluding carboxylic acids is 1. The Bertz CT molecular complexity index is 279. The number of carbonyl (C=O) groups is 1. The van der Waals surface area contributed by atoms with Crippen LogP contribution in [0.3, 0.4) is 0 Å². The average Bonchev–Trinajstić information content (AvgIpc) is 2.25. The largest absolute Gasteiger partial charge is 0.392 e. The molecule has 1 saturated heterocycles. The number of β-amino-alcohol motifs (C(OH)–C–C–N with tert-alkyl or cyclic N) is 1. The lowest BCUT2D eigenvalue weighted by molar-refractivity contribution is -0.122. The maximum atomic E-state index is 11.7. The number of nitrogens with one attached hydrogen (secondary N) is 1. The second kappa shape index (κ2) is 7.22. The summed E-state index contributed by atoms with van der Waals surface area (Å²) in [5, 5.41) is 12.3. The predicted molar refractivity (Wildman–Crippen MR) is 77.1 cm³/mol. The van der Waals surface area contributed by atoms with E-state index < -0.39 is 0 Å². The van der Waals surface area contributed by atoms with Gasteiger partial charge in [0.1, 0.15) is 0 Å². The van der Waals surface area contributed by atoms with Gasteiger partial charge in [0, 0.05) is 51.2 Å². The molecule has 0 saturated carbocycles. The van der Waals surface area contributed by atoms with E-state index in [0.717, 1.165) is 39.3 Å². The molecule has 0 aromatic heterocycles. The SMILES string of the molecule is C[C@@H](O)CN1CCN(CCC(=O)NC(C)(C)C)CC1. The van der Waals surface area contributed by atoms with Crippen LogP contribution in [0.4, 0.5) is 0 Å². The third kappa shape index (κ3) is 7.50. The minimum Gasteiger partial charge on any atom is -0.392 e. The molecule has 0 aromatic carbocycles. The molecule has 0 bridgehead atoms. The summed E-state index contributed by atoms with van der Waals surface area (Å²) in [5.74, 6) is 0.124. The van der Waals surface area contributed by atoms with Gasteiger partial charge in [0.25, 0.3) is 0 Å². The van der Waals surface area contributed by atoms with Crippen LogP contribution in [0.2, 0.25) is 0 Å². The molecule has 112 valence electrons. The van der Waals surface area contributed by atoms with Gasteiger partial charge >= 0.3 is 0 Å². The van der Waals surface area contributed by atoms with Crippen LogP contribution in [-0.4, -0.2) is 71.7 Å². The van der Waals surface area contributed by atoms with Crippen molar-refractivity contribution >= 4 is 5.91 Å². The van der Waals surface area contributed by atoms with Gasteiger partial charge in [-0.2, -0.15) is 0 Å². The number of aliphatic hydroxyl groups excluding tert-OH is 1. The van der Waals surface area contributed by atoms with Crippen LogP contribution in [0.15, 0.2) is 0 Å². The Kier molecular flexibility index (Phi) is 6.23. The molecule has 1 fully saturated rings. The van der Waals surface area contributed by atoms with E-state index >= 15 is 0 Å². The molecule has 1 atom stereocenters.